The highest BCUT2D eigenvalue weighted by Gasteiger charge is 2.44. The Morgan fingerprint density at radius 1 is 1.17 bits per heavy atom. The Morgan fingerprint density at radius 2 is 1.96 bits per heavy atom. The van der Waals surface area contributed by atoms with Gasteiger partial charge in [-0.1, -0.05) is 0 Å². The molecule has 9 heteroatoms. The van der Waals surface area contributed by atoms with Crippen molar-refractivity contribution in [3.63, 3.8) is 0 Å². The lowest BCUT2D eigenvalue weighted by Gasteiger charge is -2.36. The van der Waals surface area contributed by atoms with Crippen LogP contribution in [0.25, 0.3) is 0 Å². The Kier molecular flexibility index (Phi) is 3.78. The van der Waals surface area contributed by atoms with Gasteiger partial charge >= 0.3 is 6.18 Å². The fraction of sp³-hybridized carbons (Fsp3) is 0.800. The second kappa shape index (κ2) is 5.72. The van der Waals surface area contributed by atoms with Crippen LogP contribution in [0.15, 0.2) is 0 Å². The molecule has 6 nitrogen and oxygen atoms in total. The molecule has 3 aliphatic rings. The van der Waals surface area contributed by atoms with Crippen molar-refractivity contribution in [2.24, 2.45) is 17.8 Å². The van der Waals surface area contributed by atoms with Crippen LogP contribution in [0.5, 0.6) is 0 Å². The quantitative estimate of drug-likeness (QED) is 0.879. The van der Waals surface area contributed by atoms with Gasteiger partial charge in [-0.05, 0) is 44.2 Å². The minimum atomic E-state index is -4.51. The molecule has 0 bridgehead atoms. The van der Waals surface area contributed by atoms with Crippen molar-refractivity contribution in [1.82, 2.24) is 25.0 Å². The number of fused-ring (bicyclic) bond motifs is 1. The van der Waals surface area contributed by atoms with Crippen molar-refractivity contribution in [3.8, 4) is 0 Å². The highest BCUT2D eigenvalue weighted by atomic mass is 19.4. The average Bonchev–Trinajstić information content (AvgIpc) is 3.31. The van der Waals surface area contributed by atoms with E-state index in [1.807, 2.05) is 0 Å². The molecule has 2 atom stereocenters. The first kappa shape index (κ1) is 15.9. The molecule has 0 spiro atoms. The maximum atomic E-state index is 12.9. The summed E-state index contributed by atoms with van der Waals surface area (Å²) in [6.45, 7) is 2.19. The molecular weight excluding hydrogens is 323 g/mol. The van der Waals surface area contributed by atoms with Crippen LogP contribution in [0.2, 0.25) is 0 Å². The number of alkyl halides is 3. The van der Waals surface area contributed by atoms with Gasteiger partial charge in [-0.15, -0.1) is 10.2 Å². The van der Waals surface area contributed by atoms with Crippen LogP contribution in [-0.4, -0.2) is 45.2 Å². The molecule has 0 aromatic carbocycles. The fourth-order valence-electron chi connectivity index (χ4n) is 4.00. The van der Waals surface area contributed by atoms with E-state index >= 15 is 0 Å². The number of carbonyl (C=O) groups is 1. The molecule has 0 radical (unpaired) electrons. The summed E-state index contributed by atoms with van der Waals surface area (Å²) in [5.41, 5.74) is 0. The van der Waals surface area contributed by atoms with E-state index in [0.717, 1.165) is 24.1 Å². The van der Waals surface area contributed by atoms with Crippen LogP contribution >= 0.6 is 0 Å². The van der Waals surface area contributed by atoms with Gasteiger partial charge in [-0.3, -0.25) is 4.79 Å². The van der Waals surface area contributed by atoms with Crippen LogP contribution in [0.4, 0.5) is 13.2 Å². The Morgan fingerprint density at radius 3 is 2.67 bits per heavy atom. The summed E-state index contributed by atoms with van der Waals surface area (Å²) in [5, 5.41) is 10.3. The summed E-state index contributed by atoms with van der Waals surface area (Å²) < 4.78 is 39.8. The summed E-state index contributed by atoms with van der Waals surface area (Å²) in [6, 6.07) is 0. The Hall–Kier alpha value is -1.64. The number of halogens is 3. The average molecular weight is 343 g/mol. The van der Waals surface area contributed by atoms with Gasteiger partial charge in [0.25, 0.3) is 0 Å². The topological polar surface area (TPSA) is 63.1 Å². The Balaban J connectivity index is 1.50. The monoisotopic (exact) mass is 343 g/mol. The van der Waals surface area contributed by atoms with E-state index in [2.05, 4.69) is 15.5 Å². The van der Waals surface area contributed by atoms with E-state index in [1.54, 1.807) is 4.90 Å². The molecule has 1 aliphatic carbocycles. The molecule has 1 amide bonds. The predicted octanol–water partition coefficient (Wildman–Crippen LogP) is 1.27. The third-order valence-electron chi connectivity index (χ3n) is 5.39. The van der Waals surface area contributed by atoms with Crippen molar-refractivity contribution in [2.45, 2.75) is 38.5 Å². The number of carbonyl (C=O) groups excluding carboxylic acids is 1. The summed E-state index contributed by atoms with van der Waals surface area (Å²) in [4.78, 5) is 14.6. The van der Waals surface area contributed by atoms with Crippen molar-refractivity contribution in [2.75, 3.05) is 19.6 Å². The third kappa shape index (κ3) is 2.78. The fourth-order valence-corrected chi connectivity index (χ4v) is 4.00. The van der Waals surface area contributed by atoms with Gasteiger partial charge in [-0.2, -0.15) is 13.2 Å². The van der Waals surface area contributed by atoms with Crippen molar-refractivity contribution < 1.29 is 18.0 Å². The molecule has 2 fully saturated rings. The number of hydrogen-bond acceptors (Lipinski definition) is 4. The van der Waals surface area contributed by atoms with Gasteiger partial charge in [0.05, 0.1) is 6.54 Å². The number of hydrogen-bond donors (Lipinski definition) is 1. The molecular formula is C15H20F3N5O. The van der Waals surface area contributed by atoms with Crippen molar-refractivity contribution in [1.29, 1.82) is 0 Å². The molecule has 0 unspecified atom stereocenters. The Bertz CT molecular complexity index is 640. The lowest BCUT2D eigenvalue weighted by Crippen LogP contribution is -2.49. The molecule has 24 heavy (non-hydrogen) atoms. The van der Waals surface area contributed by atoms with Crippen LogP contribution < -0.4 is 5.32 Å². The smallest absolute Gasteiger partial charge is 0.333 e. The third-order valence-corrected chi connectivity index (χ3v) is 5.39. The van der Waals surface area contributed by atoms with Gasteiger partial charge < -0.3 is 14.8 Å². The van der Waals surface area contributed by atoms with Crippen LogP contribution in [0.1, 0.15) is 30.9 Å². The van der Waals surface area contributed by atoms with Gasteiger partial charge in [0.1, 0.15) is 0 Å². The minimum Gasteiger partial charge on any atom is -0.333 e. The second-order valence-corrected chi connectivity index (χ2v) is 6.95. The van der Waals surface area contributed by atoms with E-state index in [-0.39, 0.29) is 37.3 Å². The summed E-state index contributed by atoms with van der Waals surface area (Å²) in [6.07, 6.45) is -1.35. The normalized spacial score (nSPS) is 27.9. The highest BCUT2D eigenvalue weighted by molar-refractivity contribution is 5.79. The molecule has 1 saturated heterocycles. The van der Waals surface area contributed by atoms with Gasteiger partial charge in [0.15, 0.2) is 5.82 Å². The summed E-state index contributed by atoms with van der Waals surface area (Å²) >= 11 is 0. The van der Waals surface area contributed by atoms with Gasteiger partial charge in [0, 0.05) is 19.0 Å². The SMILES string of the molecule is O=C([C@@H]1CCNC[C@@H]1C1CC1)N1CCn2c(nnc2C(F)(F)F)C1. The lowest BCUT2D eigenvalue weighted by atomic mass is 9.82. The van der Waals surface area contributed by atoms with E-state index < -0.39 is 12.0 Å². The second-order valence-electron chi connectivity index (χ2n) is 6.95. The Labute approximate surface area is 137 Å². The van der Waals surface area contributed by atoms with E-state index in [1.165, 1.54) is 12.8 Å². The zero-order valence-corrected chi connectivity index (χ0v) is 13.2. The lowest BCUT2D eigenvalue weighted by molar-refractivity contribution is -0.148. The van der Waals surface area contributed by atoms with E-state index in [4.69, 9.17) is 0 Å². The zero-order valence-electron chi connectivity index (χ0n) is 13.2. The number of rotatable bonds is 2. The predicted molar refractivity (Wildman–Crippen MR) is 77.6 cm³/mol. The van der Waals surface area contributed by atoms with Gasteiger partial charge in [0.2, 0.25) is 11.7 Å². The molecule has 132 valence electrons. The summed E-state index contributed by atoms with van der Waals surface area (Å²) in [5.74, 6) is 0.279. The molecule has 4 rings (SSSR count). The maximum Gasteiger partial charge on any atom is 0.451 e. The first-order valence-corrected chi connectivity index (χ1v) is 8.44. The molecule has 2 aliphatic heterocycles. The van der Waals surface area contributed by atoms with Crippen LogP contribution in [0, 0.1) is 17.8 Å². The standard InChI is InChI=1S/C15H20F3N5O/c16-15(17,18)14-21-20-12-8-22(5-6-23(12)14)13(24)10-3-4-19-7-11(10)9-1-2-9/h9-11,19H,1-8H2/t10-,11-/m1/s1. The molecule has 3 heterocycles. The van der Waals surface area contributed by atoms with Crippen LogP contribution in [0.3, 0.4) is 0 Å². The number of amides is 1. The number of nitrogens with zero attached hydrogens (tertiary/aromatic N) is 4. The van der Waals surface area contributed by atoms with Crippen molar-refractivity contribution in [3.05, 3.63) is 11.6 Å². The highest BCUT2D eigenvalue weighted by Crippen LogP contribution is 2.43. The van der Waals surface area contributed by atoms with Crippen molar-refractivity contribution >= 4 is 5.91 Å². The first-order valence-electron chi connectivity index (χ1n) is 8.44. The number of piperidine rings is 1. The first-order chi connectivity index (χ1) is 11.4. The van der Waals surface area contributed by atoms with E-state index in [9.17, 15) is 18.0 Å². The number of nitrogens with one attached hydrogen (secondary N) is 1. The molecule has 1 aromatic heterocycles. The minimum absolute atomic E-state index is 0.0182. The molecule has 1 saturated carbocycles. The molecule has 1 aromatic rings. The van der Waals surface area contributed by atoms with Crippen LogP contribution in [-0.2, 0) is 24.1 Å². The maximum absolute atomic E-state index is 12.9. The zero-order chi connectivity index (χ0) is 16.9. The summed E-state index contributed by atoms with van der Waals surface area (Å²) in [7, 11) is 0. The molecule has 1 N–H and O–H groups in total. The van der Waals surface area contributed by atoms with E-state index in [0.29, 0.717) is 11.8 Å². The number of aromatic nitrogens is 3. The van der Waals surface area contributed by atoms with Gasteiger partial charge in [-0.25, -0.2) is 0 Å². The largest absolute Gasteiger partial charge is 0.451 e.